The van der Waals surface area contributed by atoms with Crippen molar-refractivity contribution < 1.29 is 4.39 Å². The highest BCUT2D eigenvalue weighted by molar-refractivity contribution is 5.54. The van der Waals surface area contributed by atoms with E-state index in [1.807, 2.05) is 13.0 Å². The number of benzene rings is 2. The molecule has 104 valence electrons. The Kier molecular flexibility index (Phi) is 3.72. The fourth-order valence-corrected chi connectivity index (χ4v) is 3.12. The fraction of sp³-hybridized carbons (Fsp3) is 0.333. The molecule has 0 radical (unpaired) electrons. The summed E-state index contributed by atoms with van der Waals surface area (Å²) in [6.45, 7) is 3.04. The number of anilines is 1. The normalized spacial score (nSPS) is 17.4. The van der Waals surface area contributed by atoms with Crippen molar-refractivity contribution in [3.63, 3.8) is 0 Å². The summed E-state index contributed by atoms with van der Waals surface area (Å²) in [7, 11) is 0. The van der Waals surface area contributed by atoms with Crippen LogP contribution in [0.25, 0.3) is 0 Å². The van der Waals surface area contributed by atoms with Crippen molar-refractivity contribution in [3.05, 3.63) is 65.0 Å². The van der Waals surface area contributed by atoms with Crippen LogP contribution in [-0.4, -0.2) is 6.54 Å². The van der Waals surface area contributed by atoms with Crippen molar-refractivity contribution in [1.29, 1.82) is 0 Å². The molecular weight excluding hydrogens is 249 g/mol. The van der Waals surface area contributed by atoms with Crippen LogP contribution in [0.1, 0.15) is 35.4 Å². The Morgan fingerprint density at radius 1 is 1.20 bits per heavy atom. The van der Waals surface area contributed by atoms with E-state index in [0.717, 1.165) is 24.9 Å². The lowest BCUT2D eigenvalue weighted by atomic mass is 9.86. The third-order valence-corrected chi connectivity index (χ3v) is 4.28. The number of rotatable bonds is 3. The van der Waals surface area contributed by atoms with E-state index in [2.05, 4.69) is 29.6 Å². The molecule has 1 unspecified atom stereocenters. The van der Waals surface area contributed by atoms with Gasteiger partial charge in [0.05, 0.1) is 0 Å². The van der Waals surface area contributed by atoms with Crippen LogP contribution in [0.2, 0.25) is 0 Å². The molecule has 1 atom stereocenters. The predicted molar refractivity (Wildman–Crippen MR) is 81.7 cm³/mol. The van der Waals surface area contributed by atoms with Gasteiger partial charge < -0.3 is 5.32 Å². The van der Waals surface area contributed by atoms with Gasteiger partial charge in [0.1, 0.15) is 5.82 Å². The third kappa shape index (κ3) is 2.69. The summed E-state index contributed by atoms with van der Waals surface area (Å²) in [4.78, 5) is 0. The second-order valence-corrected chi connectivity index (χ2v) is 5.61. The van der Waals surface area contributed by atoms with Gasteiger partial charge in [-0.25, -0.2) is 4.39 Å². The zero-order chi connectivity index (χ0) is 13.9. The Hall–Kier alpha value is -1.83. The third-order valence-electron chi connectivity index (χ3n) is 4.28. The van der Waals surface area contributed by atoms with Crippen molar-refractivity contribution in [2.45, 2.75) is 32.1 Å². The molecule has 1 aliphatic heterocycles. The molecule has 0 aromatic heterocycles. The lowest BCUT2D eigenvalue weighted by molar-refractivity contribution is 0.577. The van der Waals surface area contributed by atoms with Gasteiger partial charge in [0.15, 0.2) is 0 Å². The first kappa shape index (κ1) is 13.2. The highest BCUT2D eigenvalue weighted by atomic mass is 19.1. The zero-order valence-corrected chi connectivity index (χ0v) is 11.8. The van der Waals surface area contributed by atoms with Crippen molar-refractivity contribution in [2.75, 3.05) is 11.9 Å². The van der Waals surface area contributed by atoms with Gasteiger partial charge in [-0.1, -0.05) is 24.3 Å². The summed E-state index contributed by atoms with van der Waals surface area (Å²) in [5, 5.41) is 3.46. The summed E-state index contributed by atoms with van der Waals surface area (Å²) in [5.41, 5.74) is 5.03. The summed E-state index contributed by atoms with van der Waals surface area (Å²) in [6.07, 6.45) is 3.33. The molecule has 1 nitrogen and oxygen atoms in total. The molecular formula is C18H20FN. The average Bonchev–Trinajstić information content (AvgIpc) is 2.46. The first-order valence-electron chi connectivity index (χ1n) is 7.32. The lowest BCUT2D eigenvalue weighted by Crippen LogP contribution is -2.17. The molecule has 1 heterocycles. The maximum Gasteiger partial charge on any atom is 0.123 e. The number of hydrogen-bond donors (Lipinski definition) is 1. The highest BCUT2D eigenvalue weighted by Gasteiger charge is 2.19. The fourth-order valence-electron chi connectivity index (χ4n) is 3.12. The van der Waals surface area contributed by atoms with Gasteiger partial charge in [-0.05, 0) is 67.0 Å². The van der Waals surface area contributed by atoms with Crippen molar-refractivity contribution in [2.24, 2.45) is 0 Å². The predicted octanol–water partition coefficient (Wildman–Crippen LogP) is 4.67. The number of nitrogens with one attached hydrogen (secondary N) is 1. The highest BCUT2D eigenvalue weighted by Crippen LogP contribution is 2.34. The molecule has 0 fully saturated rings. The number of hydrogen-bond acceptors (Lipinski definition) is 1. The first-order chi connectivity index (χ1) is 9.74. The Morgan fingerprint density at radius 3 is 2.90 bits per heavy atom. The van der Waals surface area contributed by atoms with Gasteiger partial charge in [0.2, 0.25) is 0 Å². The quantitative estimate of drug-likeness (QED) is 0.854. The Labute approximate surface area is 119 Å². The molecule has 1 N–H and O–H groups in total. The van der Waals surface area contributed by atoms with Crippen LogP contribution in [0.3, 0.4) is 0 Å². The minimum absolute atomic E-state index is 0.140. The van der Waals surface area contributed by atoms with E-state index >= 15 is 0 Å². The maximum atomic E-state index is 13.1. The zero-order valence-electron chi connectivity index (χ0n) is 11.8. The van der Waals surface area contributed by atoms with Crippen molar-refractivity contribution in [3.8, 4) is 0 Å². The van der Waals surface area contributed by atoms with E-state index in [-0.39, 0.29) is 5.82 Å². The minimum Gasteiger partial charge on any atom is -0.385 e. The Morgan fingerprint density at radius 2 is 2.05 bits per heavy atom. The SMILES string of the molecule is Cc1cc(F)ccc1CCC1CCNc2ccccc21. The molecule has 1 aliphatic rings. The average molecular weight is 269 g/mol. The molecule has 0 saturated carbocycles. The molecule has 3 rings (SSSR count). The van der Waals surface area contributed by atoms with Crippen LogP contribution in [0, 0.1) is 12.7 Å². The van der Waals surface area contributed by atoms with Crippen LogP contribution < -0.4 is 5.32 Å². The summed E-state index contributed by atoms with van der Waals surface area (Å²) in [6, 6.07) is 13.7. The van der Waals surface area contributed by atoms with E-state index in [4.69, 9.17) is 0 Å². The minimum atomic E-state index is -0.140. The van der Waals surface area contributed by atoms with Crippen LogP contribution in [-0.2, 0) is 6.42 Å². The van der Waals surface area contributed by atoms with Crippen molar-refractivity contribution in [1.82, 2.24) is 0 Å². The van der Waals surface area contributed by atoms with Crippen molar-refractivity contribution >= 4 is 5.69 Å². The Bertz CT molecular complexity index is 606. The van der Waals surface area contributed by atoms with E-state index in [0.29, 0.717) is 5.92 Å². The van der Waals surface area contributed by atoms with E-state index in [9.17, 15) is 4.39 Å². The van der Waals surface area contributed by atoms with Crippen LogP contribution in [0.5, 0.6) is 0 Å². The maximum absolute atomic E-state index is 13.1. The molecule has 0 spiro atoms. The van der Waals surface area contributed by atoms with Gasteiger partial charge in [-0.3, -0.25) is 0 Å². The molecule has 0 aliphatic carbocycles. The van der Waals surface area contributed by atoms with Gasteiger partial charge in [0, 0.05) is 12.2 Å². The number of halogens is 1. The van der Waals surface area contributed by atoms with Crippen LogP contribution in [0.15, 0.2) is 42.5 Å². The van der Waals surface area contributed by atoms with Gasteiger partial charge in [-0.2, -0.15) is 0 Å². The molecule has 2 aromatic carbocycles. The smallest absolute Gasteiger partial charge is 0.123 e. The molecule has 20 heavy (non-hydrogen) atoms. The second kappa shape index (κ2) is 5.66. The molecule has 0 saturated heterocycles. The molecule has 2 aromatic rings. The standard InChI is InChI=1S/C18H20FN/c1-13-12-16(19)9-8-14(13)6-7-15-10-11-20-18-5-3-2-4-17(15)18/h2-5,8-9,12,15,20H,6-7,10-11H2,1H3. The molecule has 2 heteroatoms. The van der Waals surface area contributed by atoms with Gasteiger partial charge in [0.25, 0.3) is 0 Å². The lowest BCUT2D eigenvalue weighted by Gasteiger charge is -2.26. The molecule has 0 amide bonds. The first-order valence-corrected chi connectivity index (χ1v) is 7.32. The van der Waals surface area contributed by atoms with Crippen LogP contribution >= 0.6 is 0 Å². The summed E-state index contributed by atoms with van der Waals surface area (Å²) >= 11 is 0. The van der Waals surface area contributed by atoms with Gasteiger partial charge in [-0.15, -0.1) is 0 Å². The number of para-hydroxylation sites is 1. The Balaban J connectivity index is 1.73. The van der Waals surface area contributed by atoms with Gasteiger partial charge >= 0.3 is 0 Å². The summed E-state index contributed by atoms with van der Waals surface area (Å²) in [5.74, 6) is 0.468. The molecule has 0 bridgehead atoms. The van der Waals surface area contributed by atoms with E-state index in [1.165, 1.54) is 23.2 Å². The monoisotopic (exact) mass is 269 g/mol. The van der Waals surface area contributed by atoms with Crippen LogP contribution in [0.4, 0.5) is 10.1 Å². The number of fused-ring (bicyclic) bond motifs is 1. The van der Waals surface area contributed by atoms with E-state index < -0.39 is 0 Å². The van der Waals surface area contributed by atoms with E-state index in [1.54, 1.807) is 12.1 Å². The number of aryl methyl sites for hydroxylation is 2. The largest absolute Gasteiger partial charge is 0.385 e. The topological polar surface area (TPSA) is 12.0 Å². The summed E-state index contributed by atoms with van der Waals surface area (Å²) < 4.78 is 13.1. The second-order valence-electron chi connectivity index (χ2n) is 5.61.